The number of amides is 2. The number of thioether (sulfide) groups is 1. The van der Waals surface area contributed by atoms with E-state index in [-0.39, 0.29) is 17.7 Å². The van der Waals surface area contributed by atoms with Gasteiger partial charge in [0.15, 0.2) is 0 Å². The first-order valence-corrected chi connectivity index (χ1v) is 13.8. The molecule has 0 aromatic heterocycles. The van der Waals surface area contributed by atoms with Gasteiger partial charge in [0.25, 0.3) is 11.1 Å². The van der Waals surface area contributed by atoms with Gasteiger partial charge in [0.05, 0.1) is 15.0 Å². The monoisotopic (exact) mass is 703 g/mol. The molecule has 2 amide bonds. The van der Waals surface area contributed by atoms with E-state index < -0.39 is 0 Å². The Morgan fingerprint density at radius 2 is 1.63 bits per heavy atom. The highest BCUT2D eigenvalue weighted by Crippen LogP contribution is 2.37. The standard InChI is InChI=1S/C28H19I2NO3S/c29-22-13-21(26(24(30)15-22)34-17-18-7-2-1-3-8-18)14-25-27(32)31(28(33)35-25)16-20-11-6-10-19-9-4-5-12-23(19)20/h1-15H,16-17H2/b25-14-. The molecule has 174 valence electrons. The maximum absolute atomic E-state index is 13.3. The van der Waals surface area contributed by atoms with E-state index in [0.29, 0.717) is 17.3 Å². The van der Waals surface area contributed by atoms with Crippen molar-refractivity contribution in [2.45, 2.75) is 13.2 Å². The van der Waals surface area contributed by atoms with Gasteiger partial charge in [-0.3, -0.25) is 14.5 Å². The summed E-state index contributed by atoms with van der Waals surface area (Å²) in [5.41, 5.74) is 2.79. The van der Waals surface area contributed by atoms with Crippen molar-refractivity contribution in [1.29, 1.82) is 0 Å². The Morgan fingerprint density at radius 3 is 2.46 bits per heavy atom. The van der Waals surface area contributed by atoms with Crippen LogP contribution in [0.5, 0.6) is 5.75 Å². The van der Waals surface area contributed by atoms with Gasteiger partial charge in [-0.25, -0.2) is 0 Å². The SMILES string of the molecule is O=C1S/C(=C\c2cc(I)cc(I)c2OCc2ccccc2)C(=O)N1Cc1cccc2ccccc12. The van der Waals surface area contributed by atoms with Crippen LogP contribution >= 0.6 is 56.9 Å². The summed E-state index contributed by atoms with van der Waals surface area (Å²) >= 11 is 5.48. The van der Waals surface area contributed by atoms with Crippen molar-refractivity contribution in [1.82, 2.24) is 4.90 Å². The third kappa shape index (κ3) is 5.41. The van der Waals surface area contributed by atoms with Crippen molar-refractivity contribution in [2.75, 3.05) is 0 Å². The number of ether oxygens (including phenoxy) is 1. The molecule has 0 spiro atoms. The minimum Gasteiger partial charge on any atom is -0.487 e. The molecule has 0 radical (unpaired) electrons. The van der Waals surface area contributed by atoms with E-state index in [0.717, 1.165) is 46.4 Å². The molecule has 1 heterocycles. The van der Waals surface area contributed by atoms with Crippen molar-refractivity contribution in [2.24, 2.45) is 0 Å². The van der Waals surface area contributed by atoms with Gasteiger partial charge < -0.3 is 4.74 Å². The van der Waals surface area contributed by atoms with Gasteiger partial charge in [0.2, 0.25) is 0 Å². The van der Waals surface area contributed by atoms with Gasteiger partial charge in [-0.2, -0.15) is 0 Å². The molecule has 1 aliphatic rings. The highest BCUT2D eigenvalue weighted by Gasteiger charge is 2.35. The molecule has 0 bridgehead atoms. The lowest BCUT2D eigenvalue weighted by molar-refractivity contribution is -0.123. The minimum absolute atomic E-state index is 0.241. The average molecular weight is 703 g/mol. The Labute approximate surface area is 235 Å². The largest absolute Gasteiger partial charge is 0.487 e. The van der Waals surface area contributed by atoms with Crippen LogP contribution < -0.4 is 4.74 Å². The molecule has 0 N–H and O–H groups in total. The van der Waals surface area contributed by atoms with Crippen molar-refractivity contribution in [3.63, 3.8) is 0 Å². The third-order valence-corrected chi connectivity index (χ3v) is 7.96. The molecule has 1 fully saturated rings. The number of imide groups is 1. The summed E-state index contributed by atoms with van der Waals surface area (Å²) in [4.78, 5) is 27.9. The normalized spacial score (nSPS) is 14.8. The lowest BCUT2D eigenvalue weighted by Gasteiger charge is -2.15. The van der Waals surface area contributed by atoms with E-state index in [9.17, 15) is 9.59 Å². The predicted octanol–water partition coefficient (Wildman–Crippen LogP) is 7.86. The first-order chi connectivity index (χ1) is 17.0. The van der Waals surface area contributed by atoms with Crippen molar-refractivity contribution in [3.05, 3.63) is 114 Å². The Bertz CT molecular complexity index is 1460. The number of nitrogens with zero attached hydrogens (tertiary/aromatic N) is 1. The molecule has 5 rings (SSSR count). The number of carbonyl (C=O) groups excluding carboxylic acids is 2. The van der Waals surface area contributed by atoms with E-state index in [1.807, 2.05) is 84.9 Å². The van der Waals surface area contributed by atoms with Crippen LogP contribution in [0, 0.1) is 7.14 Å². The van der Waals surface area contributed by atoms with Crippen LogP contribution in [0.15, 0.2) is 89.8 Å². The summed E-state index contributed by atoms with van der Waals surface area (Å²) in [6, 6.07) is 27.9. The zero-order valence-corrected chi connectivity index (χ0v) is 23.5. The number of hydrogen-bond acceptors (Lipinski definition) is 4. The summed E-state index contributed by atoms with van der Waals surface area (Å²) in [5, 5.41) is 1.87. The van der Waals surface area contributed by atoms with Crippen LogP contribution in [-0.2, 0) is 17.9 Å². The fraction of sp³-hybridized carbons (Fsp3) is 0.0714. The van der Waals surface area contributed by atoms with Crippen LogP contribution in [0.2, 0.25) is 0 Å². The number of benzene rings is 4. The first-order valence-electron chi connectivity index (χ1n) is 10.9. The number of halogens is 2. The molecule has 0 aliphatic carbocycles. The van der Waals surface area contributed by atoms with Crippen LogP contribution in [0.25, 0.3) is 16.8 Å². The van der Waals surface area contributed by atoms with Crippen LogP contribution in [0.1, 0.15) is 16.7 Å². The summed E-state index contributed by atoms with van der Waals surface area (Å²) in [6.45, 7) is 0.658. The van der Waals surface area contributed by atoms with Gasteiger partial charge in [0, 0.05) is 9.13 Å². The molecule has 1 saturated heterocycles. The number of fused-ring (bicyclic) bond motifs is 1. The van der Waals surface area contributed by atoms with Gasteiger partial charge in [-0.05, 0) is 97.1 Å². The lowest BCUT2D eigenvalue weighted by Crippen LogP contribution is -2.27. The van der Waals surface area contributed by atoms with Crippen LogP contribution in [0.3, 0.4) is 0 Å². The first kappa shape index (κ1) is 24.3. The second-order valence-electron chi connectivity index (χ2n) is 7.99. The van der Waals surface area contributed by atoms with Crippen molar-refractivity contribution in [3.8, 4) is 5.75 Å². The number of rotatable bonds is 6. The van der Waals surface area contributed by atoms with E-state index in [4.69, 9.17) is 4.74 Å². The second-order valence-corrected chi connectivity index (χ2v) is 11.4. The highest BCUT2D eigenvalue weighted by molar-refractivity contribution is 14.1. The zero-order valence-electron chi connectivity index (χ0n) is 18.4. The number of hydrogen-bond donors (Lipinski definition) is 0. The zero-order chi connectivity index (χ0) is 24.4. The molecule has 7 heteroatoms. The smallest absolute Gasteiger partial charge is 0.293 e. The van der Waals surface area contributed by atoms with Crippen molar-refractivity contribution >= 4 is 84.9 Å². The maximum atomic E-state index is 13.3. The summed E-state index contributed by atoms with van der Waals surface area (Å²) in [7, 11) is 0. The minimum atomic E-state index is -0.282. The van der Waals surface area contributed by atoms with Crippen LogP contribution in [0.4, 0.5) is 4.79 Å². The predicted molar refractivity (Wildman–Crippen MR) is 158 cm³/mol. The molecule has 0 unspecified atom stereocenters. The summed E-state index contributed by atoms with van der Waals surface area (Å²) in [5.74, 6) is 0.423. The molecule has 1 aliphatic heterocycles. The molecular weight excluding hydrogens is 684 g/mol. The van der Waals surface area contributed by atoms with Gasteiger partial charge in [-0.1, -0.05) is 72.8 Å². The van der Waals surface area contributed by atoms with E-state index in [2.05, 4.69) is 45.2 Å². The summed E-state index contributed by atoms with van der Waals surface area (Å²) in [6.07, 6.45) is 1.78. The number of carbonyl (C=O) groups is 2. The average Bonchev–Trinajstić information content (AvgIpc) is 3.11. The van der Waals surface area contributed by atoms with Gasteiger partial charge >= 0.3 is 0 Å². The molecule has 0 atom stereocenters. The van der Waals surface area contributed by atoms with Gasteiger partial charge in [0.1, 0.15) is 12.4 Å². The quantitative estimate of drug-likeness (QED) is 0.152. The molecule has 35 heavy (non-hydrogen) atoms. The molecule has 4 nitrogen and oxygen atoms in total. The van der Waals surface area contributed by atoms with E-state index >= 15 is 0 Å². The molecular formula is C28H19I2NO3S. The van der Waals surface area contributed by atoms with E-state index in [1.54, 1.807) is 6.08 Å². The Balaban J connectivity index is 1.43. The Hall–Kier alpha value is -2.37. The van der Waals surface area contributed by atoms with Crippen molar-refractivity contribution < 1.29 is 14.3 Å². The Kier molecular flexibility index (Phi) is 7.45. The lowest BCUT2D eigenvalue weighted by atomic mass is 10.0. The molecule has 4 aromatic carbocycles. The molecule has 4 aromatic rings. The molecule has 0 saturated carbocycles. The fourth-order valence-corrected chi connectivity index (χ4v) is 6.82. The second kappa shape index (κ2) is 10.7. The summed E-state index contributed by atoms with van der Waals surface area (Å²) < 4.78 is 8.16. The Morgan fingerprint density at radius 1 is 0.886 bits per heavy atom. The van der Waals surface area contributed by atoms with Gasteiger partial charge in [-0.15, -0.1) is 0 Å². The highest BCUT2D eigenvalue weighted by atomic mass is 127. The topological polar surface area (TPSA) is 46.6 Å². The fourth-order valence-electron chi connectivity index (χ4n) is 3.95. The maximum Gasteiger partial charge on any atom is 0.293 e. The van der Waals surface area contributed by atoms with E-state index in [1.165, 1.54) is 4.90 Å². The third-order valence-electron chi connectivity index (χ3n) is 5.63. The van der Waals surface area contributed by atoms with Crippen LogP contribution in [-0.4, -0.2) is 16.0 Å².